The van der Waals surface area contributed by atoms with Gasteiger partial charge in [0.25, 0.3) is 0 Å². The molecule has 0 spiro atoms. The number of hydrogen-bond acceptors (Lipinski definition) is 4. The van der Waals surface area contributed by atoms with Crippen LogP contribution in [-0.2, 0) is 10.0 Å². The monoisotopic (exact) mass is 309 g/mol. The minimum Gasteiger partial charge on any atom is -0.399 e. The Labute approximate surface area is 126 Å². The van der Waals surface area contributed by atoms with E-state index in [0.717, 1.165) is 31.5 Å². The molecule has 1 aromatic carbocycles. The lowest BCUT2D eigenvalue weighted by molar-refractivity contribution is 0.186. The Balaban J connectivity index is 1.81. The molecule has 2 aliphatic rings. The average Bonchev–Trinajstić information content (AvgIpc) is 2.84. The first-order valence-corrected chi connectivity index (χ1v) is 9.08. The van der Waals surface area contributed by atoms with Crippen LogP contribution in [0.1, 0.15) is 31.2 Å². The van der Waals surface area contributed by atoms with Gasteiger partial charge in [0.15, 0.2) is 0 Å². The molecule has 3 N–H and O–H groups in total. The van der Waals surface area contributed by atoms with E-state index in [1.165, 1.54) is 12.8 Å². The number of aryl methyl sites for hydroxylation is 1. The van der Waals surface area contributed by atoms with Crippen molar-refractivity contribution in [2.75, 3.05) is 18.8 Å². The van der Waals surface area contributed by atoms with Crippen molar-refractivity contribution in [1.29, 1.82) is 0 Å². The Bertz CT molecular complexity index is 630. The number of piperidine rings is 1. The number of nitrogens with zero attached hydrogens (tertiary/aromatic N) is 1. The van der Waals surface area contributed by atoms with E-state index in [-0.39, 0.29) is 6.04 Å². The number of fused-ring (bicyclic) bond motifs is 1. The molecule has 0 aliphatic carbocycles. The maximum absolute atomic E-state index is 12.7. The van der Waals surface area contributed by atoms with Crippen LogP contribution in [0.2, 0.25) is 0 Å². The molecule has 0 amide bonds. The largest absolute Gasteiger partial charge is 0.399 e. The van der Waals surface area contributed by atoms with Gasteiger partial charge in [-0.25, -0.2) is 13.1 Å². The summed E-state index contributed by atoms with van der Waals surface area (Å²) < 4.78 is 28.2. The molecule has 0 bridgehead atoms. The molecule has 6 heteroatoms. The second kappa shape index (κ2) is 5.59. The summed E-state index contributed by atoms with van der Waals surface area (Å²) in [6.07, 6.45) is 4.40. The Morgan fingerprint density at radius 2 is 2.05 bits per heavy atom. The van der Waals surface area contributed by atoms with Gasteiger partial charge < -0.3 is 5.73 Å². The highest BCUT2D eigenvalue weighted by Crippen LogP contribution is 2.28. The van der Waals surface area contributed by atoms with E-state index < -0.39 is 10.0 Å². The van der Waals surface area contributed by atoms with Gasteiger partial charge in [0.1, 0.15) is 0 Å². The normalized spacial score (nSPS) is 26.7. The molecular formula is C15H23N3O2S. The summed E-state index contributed by atoms with van der Waals surface area (Å²) in [6, 6.07) is 5.41. The van der Waals surface area contributed by atoms with Crippen molar-refractivity contribution in [2.24, 2.45) is 0 Å². The number of nitrogen functional groups attached to an aromatic ring is 1. The SMILES string of the molecule is Cc1ccc(N)cc1S(=O)(=O)NC1CCN2CCCCC12. The van der Waals surface area contributed by atoms with Gasteiger partial charge in [0.2, 0.25) is 10.0 Å². The van der Waals surface area contributed by atoms with Gasteiger partial charge >= 0.3 is 0 Å². The first kappa shape index (κ1) is 14.8. The zero-order valence-electron chi connectivity index (χ0n) is 12.4. The summed E-state index contributed by atoms with van der Waals surface area (Å²) in [5.41, 5.74) is 6.95. The van der Waals surface area contributed by atoms with Crippen LogP contribution in [0.3, 0.4) is 0 Å². The predicted molar refractivity (Wildman–Crippen MR) is 83.5 cm³/mol. The van der Waals surface area contributed by atoms with E-state index in [1.807, 2.05) is 0 Å². The fraction of sp³-hybridized carbons (Fsp3) is 0.600. The van der Waals surface area contributed by atoms with Gasteiger partial charge in [-0.2, -0.15) is 0 Å². The fourth-order valence-electron chi connectivity index (χ4n) is 3.55. The molecule has 2 saturated heterocycles. The van der Waals surface area contributed by atoms with Gasteiger partial charge in [0, 0.05) is 24.3 Å². The molecule has 2 heterocycles. The third kappa shape index (κ3) is 2.93. The highest BCUT2D eigenvalue weighted by Gasteiger charge is 2.37. The number of nitrogens with one attached hydrogen (secondary N) is 1. The molecular weight excluding hydrogens is 286 g/mol. The standard InChI is InChI=1S/C15H23N3O2S/c1-11-5-6-12(16)10-15(11)21(19,20)17-13-7-9-18-8-3-2-4-14(13)18/h5-6,10,13-14,17H,2-4,7-9,16H2,1H3. The maximum atomic E-state index is 12.7. The summed E-state index contributed by atoms with van der Waals surface area (Å²) in [7, 11) is -3.50. The zero-order valence-corrected chi connectivity index (χ0v) is 13.2. The summed E-state index contributed by atoms with van der Waals surface area (Å²) >= 11 is 0. The number of nitrogens with two attached hydrogens (primary N) is 1. The highest BCUT2D eigenvalue weighted by molar-refractivity contribution is 7.89. The minimum atomic E-state index is -3.50. The van der Waals surface area contributed by atoms with Crippen molar-refractivity contribution in [3.05, 3.63) is 23.8 Å². The minimum absolute atomic E-state index is 0.0242. The first-order chi connectivity index (χ1) is 9.97. The van der Waals surface area contributed by atoms with Crippen LogP contribution in [0.15, 0.2) is 23.1 Å². The number of benzene rings is 1. The Morgan fingerprint density at radius 1 is 1.24 bits per heavy atom. The molecule has 21 heavy (non-hydrogen) atoms. The van der Waals surface area contributed by atoms with Gasteiger partial charge in [0.05, 0.1) is 4.90 Å². The van der Waals surface area contributed by atoms with Crippen LogP contribution >= 0.6 is 0 Å². The van der Waals surface area contributed by atoms with Crippen molar-refractivity contribution in [1.82, 2.24) is 9.62 Å². The van der Waals surface area contributed by atoms with E-state index in [0.29, 0.717) is 16.6 Å². The second-order valence-electron chi connectivity index (χ2n) is 6.14. The molecule has 5 nitrogen and oxygen atoms in total. The van der Waals surface area contributed by atoms with Crippen molar-refractivity contribution in [3.8, 4) is 0 Å². The molecule has 2 fully saturated rings. The van der Waals surface area contributed by atoms with E-state index >= 15 is 0 Å². The molecule has 3 rings (SSSR count). The van der Waals surface area contributed by atoms with Crippen molar-refractivity contribution in [2.45, 2.75) is 49.6 Å². The lowest BCUT2D eigenvalue weighted by atomic mass is 10.00. The smallest absolute Gasteiger partial charge is 0.241 e. The number of rotatable bonds is 3. The molecule has 0 aromatic heterocycles. The Hall–Kier alpha value is -1.11. The molecule has 2 atom stereocenters. The van der Waals surface area contributed by atoms with E-state index in [1.54, 1.807) is 25.1 Å². The maximum Gasteiger partial charge on any atom is 0.241 e. The lowest BCUT2D eigenvalue weighted by Gasteiger charge is -2.32. The first-order valence-electron chi connectivity index (χ1n) is 7.60. The third-order valence-electron chi connectivity index (χ3n) is 4.66. The molecule has 1 aromatic rings. The van der Waals surface area contributed by atoms with E-state index in [2.05, 4.69) is 9.62 Å². The van der Waals surface area contributed by atoms with Crippen molar-refractivity contribution < 1.29 is 8.42 Å². The molecule has 2 aliphatic heterocycles. The second-order valence-corrected chi connectivity index (χ2v) is 7.82. The van der Waals surface area contributed by atoms with Crippen LogP contribution in [0.5, 0.6) is 0 Å². The zero-order chi connectivity index (χ0) is 15.0. The van der Waals surface area contributed by atoms with Crippen LogP contribution in [0, 0.1) is 6.92 Å². The predicted octanol–water partition coefficient (Wildman–Crippen LogP) is 1.48. The topological polar surface area (TPSA) is 75.4 Å². The molecule has 0 radical (unpaired) electrons. The van der Waals surface area contributed by atoms with Gasteiger partial charge in [-0.3, -0.25) is 4.90 Å². The average molecular weight is 309 g/mol. The third-order valence-corrected chi connectivity index (χ3v) is 6.30. The van der Waals surface area contributed by atoms with Crippen LogP contribution in [0.25, 0.3) is 0 Å². The Morgan fingerprint density at radius 3 is 2.86 bits per heavy atom. The van der Waals surface area contributed by atoms with Crippen LogP contribution in [0.4, 0.5) is 5.69 Å². The quantitative estimate of drug-likeness (QED) is 0.829. The Kier molecular flexibility index (Phi) is 3.94. The number of anilines is 1. The van der Waals surface area contributed by atoms with E-state index in [9.17, 15) is 8.42 Å². The fourth-order valence-corrected chi connectivity index (χ4v) is 5.14. The lowest BCUT2D eigenvalue weighted by Crippen LogP contribution is -2.46. The summed E-state index contributed by atoms with van der Waals surface area (Å²) in [6.45, 7) is 3.89. The summed E-state index contributed by atoms with van der Waals surface area (Å²) in [4.78, 5) is 2.72. The van der Waals surface area contributed by atoms with Crippen molar-refractivity contribution >= 4 is 15.7 Å². The number of sulfonamides is 1. The summed E-state index contributed by atoms with van der Waals surface area (Å²) in [5, 5.41) is 0. The van der Waals surface area contributed by atoms with E-state index in [4.69, 9.17) is 5.73 Å². The highest BCUT2D eigenvalue weighted by atomic mass is 32.2. The van der Waals surface area contributed by atoms with Gasteiger partial charge in [-0.05, 0) is 50.4 Å². The van der Waals surface area contributed by atoms with Crippen LogP contribution in [-0.4, -0.2) is 38.5 Å². The molecule has 2 unspecified atom stereocenters. The van der Waals surface area contributed by atoms with Gasteiger partial charge in [-0.15, -0.1) is 0 Å². The molecule has 0 saturated carbocycles. The number of hydrogen-bond donors (Lipinski definition) is 2. The van der Waals surface area contributed by atoms with Crippen LogP contribution < -0.4 is 10.5 Å². The summed E-state index contributed by atoms with van der Waals surface area (Å²) in [5.74, 6) is 0. The molecule has 116 valence electrons. The van der Waals surface area contributed by atoms with Gasteiger partial charge in [-0.1, -0.05) is 12.5 Å². The van der Waals surface area contributed by atoms with Crippen molar-refractivity contribution in [3.63, 3.8) is 0 Å².